The molecule has 0 aliphatic rings. The molecule has 4 rings (SSSR count). The molecule has 0 aliphatic heterocycles. The van der Waals surface area contributed by atoms with Crippen molar-refractivity contribution < 1.29 is 14.8 Å². The van der Waals surface area contributed by atoms with Gasteiger partial charge in [0.05, 0.1) is 16.7 Å². The molecule has 0 radical (unpaired) electrons. The maximum absolute atomic E-state index is 12.8. The van der Waals surface area contributed by atoms with Gasteiger partial charge in [0.15, 0.2) is 11.0 Å². The Morgan fingerprint density at radius 1 is 1.06 bits per heavy atom. The van der Waals surface area contributed by atoms with Crippen molar-refractivity contribution in [2.45, 2.75) is 23.9 Å². The molecule has 0 bridgehead atoms. The van der Waals surface area contributed by atoms with Crippen LogP contribution in [0.3, 0.4) is 0 Å². The number of thioether (sulfide) groups is 1. The van der Waals surface area contributed by atoms with E-state index in [1.54, 1.807) is 31.2 Å². The van der Waals surface area contributed by atoms with Crippen LogP contribution >= 0.6 is 11.8 Å². The number of benzene rings is 3. The van der Waals surface area contributed by atoms with Crippen LogP contribution in [0, 0.1) is 10.1 Å². The van der Waals surface area contributed by atoms with Crippen molar-refractivity contribution in [3.8, 4) is 17.1 Å². The van der Waals surface area contributed by atoms with Crippen LogP contribution in [0.2, 0.25) is 0 Å². The van der Waals surface area contributed by atoms with Gasteiger partial charge in [-0.25, -0.2) is 0 Å². The fraction of sp³-hybridized carbons (Fsp3) is 0.125. The normalized spacial score (nSPS) is 11.7. The highest BCUT2D eigenvalue weighted by molar-refractivity contribution is 8.00. The number of aromatic nitrogens is 3. The summed E-state index contributed by atoms with van der Waals surface area (Å²) in [5, 5.41) is 32.0. The standard InChI is InChI=1S/C24H21N5O4S/c1-16(23(31)25-19-9-11-20(12-10-19)29(32)33)34-24-27-26-22(18-7-13-21(30)14-8-18)28(24)15-17-5-3-2-4-6-17/h2-14,16,30H,15H2,1H3,(H,25,31)/t16-/m1/s1. The number of carbonyl (C=O) groups excluding carboxylic acids is 1. The number of nitrogens with one attached hydrogen (secondary N) is 1. The van der Waals surface area contributed by atoms with Crippen molar-refractivity contribution in [2.75, 3.05) is 5.32 Å². The minimum atomic E-state index is -0.512. The molecule has 4 aromatic rings. The number of anilines is 1. The van der Waals surface area contributed by atoms with Gasteiger partial charge in [-0.1, -0.05) is 42.1 Å². The number of carbonyl (C=O) groups is 1. The topological polar surface area (TPSA) is 123 Å². The summed E-state index contributed by atoms with van der Waals surface area (Å²) in [6.45, 7) is 2.26. The molecule has 0 spiro atoms. The Hall–Kier alpha value is -4.18. The van der Waals surface area contributed by atoms with E-state index in [1.165, 1.54) is 36.0 Å². The Kier molecular flexibility index (Phi) is 6.88. The molecule has 34 heavy (non-hydrogen) atoms. The van der Waals surface area contributed by atoms with Crippen molar-refractivity contribution in [1.29, 1.82) is 0 Å². The van der Waals surface area contributed by atoms with Crippen molar-refractivity contribution in [2.24, 2.45) is 0 Å². The molecule has 3 aromatic carbocycles. The summed E-state index contributed by atoms with van der Waals surface area (Å²) in [6.07, 6.45) is 0. The lowest BCUT2D eigenvalue weighted by atomic mass is 10.2. The van der Waals surface area contributed by atoms with Crippen LogP contribution in [-0.2, 0) is 11.3 Å². The number of aromatic hydroxyl groups is 1. The zero-order valence-corrected chi connectivity index (χ0v) is 19.0. The lowest BCUT2D eigenvalue weighted by Gasteiger charge is -2.14. The Morgan fingerprint density at radius 2 is 1.74 bits per heavy atom. The van der Waals surface area contributed by atoms with E-state index in [4.69, 9.17) is 0 Å². The van der Waals surface area contributed by atoms with E-state index in [2.05, 4.69) is 15.5 Å². The van der Waals surface area contributed by atoms with Crippen molar-refractivity contribution in [3.63, 3.8) is 0 Å². The second kappa shape index (κ2) is 10.2. The first kappa shape index (κ1) is 23.0. The summed E-state index contributed by atoms with van der Waals surface area (Å²) < 4.78 is 1.93. The van der Waals surface area contributed by atoms with E-state index in [0.717, 1.165) is 11.1 Å². The molecule has 1 heterocycles. The summed E-state index contributed by atoms with van der Waals surface area (Å²) in [5.41, 5.74) is 2.26. The predicted octanol–water partition coefficient (Wildman–Crippen LogP) is 4.73. The van der Waals surface area contributed by atoms with Crippen LogP contribution in [0.25, 0.3) is 11.4 Å². The molecule has 0 saturated heterocycles. The summed E-state index contributed by atoms with van der Waals surface area (Å²) in [4.78, 5) is 23.1. The van der Waals surface area contributed by atoms with E-state index in [1.807, 2.05) is 34.9 Å². The fourth-order valence-electron chi connectivity index (χ4n) is 3.23. The van der Waals surface area contributed by atoms with Gasteiger partial charge in [0, 0.05) is 23.4 Å². The Labute approximate surface area is 199 Å². The molecular weight excluding hydrogens is 454 g/mol. The van der Waals surface area contributed by atoms with Crippen LogP contribution in [0.15, 0.2) is 84.0 Å². The lowest BCUT2D eigenvalue weighted by Crippen LogP contribution is -2.23. The summed E-state index contributed by atoms with van der Waals surface area (Å²) in [5.74, 6) is 0.512. The van der Waals surface area contributed by atoms with Crippen molar-refractivity contribution in [1.82, 2.24) is 14.8 Å². The molecule has 9 nitrogen and oxygen atoms in total. The summed E-state index contributed by atoms with van der Waals surface area (Å²) in [6, 6.07) is 22.2. The van der Waals surface area contributed by atoms with E-state index < -0.39 is 10.2 Å². The fourth-order valence-corrected chi connectivity index (χ4v) is 4.08. The van der Waals surface area contributed by atoms with Crippen LogP contribution in [0.5, 0.6) is 5.75 Å². The maximum Gasteiger partial charge on any atom is 0.269 e. The SMILES string of the molecule is C[C@@H](Sc1nnc(-c2ccc(O)cc2)n1Cc1ccccc1)C(=O)Nc1ccc([N+](=O)[O-])cc1. The number of phenols is 1. The molecule has 0 unspecified atom stereocenters. The molecule has 0 aliphatic carbocycles. The van der Waals surface area contributed by atoms with Gasteiger partial charge in [0.1, 0.15) is 5.75 Å². The van der Waals surface area contributed by atoms with Gasteiger partial charge in [-0.05, 0) is 48.9 Å². The molecule has 0 saturated carbocycles. The van der Waals surface area contributed by atoms with Gasteiger partial charge in [0.2, 0.25) is 5.91 Å². The van der Waals surface area contributed by atoms with E-state index in [9.17, 15) is 20.0 Å². The average Bonchev–Trinajstić information content (AvgIpc) is 3.22. The Balaban J connectivity index is 1.55. The number of phenolic OH excluding ortho intramolecular Hbond substituents is 1. The maximum atomic E-state index is 12.8. The third-order valence-electron chi connectivity index (χ3n) is 5.02. The molecule has 172 valence electrons. The number of nitro benzene ring substituents is 1. The predicted molar refractivity (Wildman–Crippen MR) is 130 cm³/mol. The first-order valence-electron chi connectivity index (χ1n) is 10.4. The van der Waals surface area contributed by atoms with Crippen LogP contribution in [0.1, 0.15) is 12.5 Å². The zero-order valence-electron chi connectivity index (χ0n) is 18.2. The summed E-state index contributed by atoms with van der Waals surface area (Å²) in [7, 11) is 0. The minimum absolute atomic E-state index is 0.0452. The van der Waals surface area contributed by atoms with E-state index in [0.29, 0.717) is 23.2 Å². The quantitative estimate of drug-likeness (QED) is 0.215. The van der Waals surface area contributed by atoms with Gasteiger partial charge in [-0.2, -0.15) is 0 Å². The molecule has 1 aromatic heterocycles. The average molecular weight is 476 g/mol. The lowest BCUT2D eigenvalue weighted by molar-refractivity contribution is -0.384. The molecule has 10 heteroatoms. The highest BCUT2D eigenvalue weighted by Gasteiger charge is 2.21. The number of rotatable bonds is 8. The van der Waals surface area contributed by atoms with Gasteiger partial charge >= 0.3 is 0 Å². The van der Waals surface area contributed by atoms with Crippen molar-refractivity contribution >= 4 is 29.0 Å². The summed E-state index contributed by atoms with van der Waals surface area (Å²) >= 11 is 1.26. The minimum Gasteiger partial charge on any atom is -0.508 e. The first-order chi connectivity index (χ1) is 16.4. The van der Waals surface area contributed by atoms with Gasteiger partial charge < -0.3 is 10.4 Å². The second-order valence-electron chi connectivity index (χ2n) is 7.48. The third kappa shape index (κ3) is 5.41. The smallest absolute Gasteiger partial charge is 0.269 e. The van der Waals surface area contributed by atoms with Crippen LogP contribution in [0.4, 0.5) is 11.4 Å². The third-order valence-corrected chi connectivity index (χ3v) is 6.10. The highest BCUT2D eigenvalue weighted by atomic mass is 32.2. The number of amides is 1. The van der Waals surface area contributed by atoms with Gasteiger partial charge in [-0.3, -0.25) is 19.5 Å². The monoisotopic (exact) mass is 475 g/mol. The van der Waals surface area contributed by atoms with Gasteiger partial charge in [-0.15, -0.1) is 10.2 Å². The highest BCUT2D eigenvalue weighted by Crippen LogP contribution is 2.29. The second-order valence-corrected chi connectivity index (χ2v) is 8.79. The number of hydrogen-bond acceptors (Lipinski definition) is 7. The number of non-ortho nitro benzene ring substituents is 1. The number of nitro groups is 1. The number of hydrogen-bond donors (Lipinski definition) is 2. The zero-order chi connectivity index (χ0) is 24.1. The molecule has 0 fully saturated rings. The first-order valence-corrected chi connectivity index (χ1v) is 11.3. The van der Waals surface area contributed by atoms with E-state index >= 15 is 0 Å². The molecule has 1 amide bonds. The largest absolute Gasteiger partial charge is 0.508 e. The van der Waals surface area contributed by atoms with Crippen LogP contribution in [-0.4, -0.2) is 36.0 Å². The Bertz CT molecular complexity index is 1290. The molecule has 2 N–H and O–H groups in total. The molecular formula is C24H21N5O4S. The van der Waals surface area contributed by atoms with Gasteiger partial charge in [0.25, 0.3) is 5.69 Å². The van der Waals surface area contributed by atoms with E-state index in [-0.39, 0.29) is 17.3 Å². The van der Waals surface area contributed by atoms with Crippen LogP contribution < -0.4 is 5.32 Å². The molecule has 1 atom stereocenters. The van der Waals surface area contributed by atoms with Crippen molar-refractivity contribution in [3.05, 3.63) is 94.5 Å². The Morgan fingerprint density at radius 3 is 2.38 bits per heavy atom. The number of nitrogens with zero attached hydrogens (tertiary/aromatic N) is 4.